The van der Waals surface area contributed by atoms with E-state index in [2.05, 4.69) is 0 Å². The first-order valence-corrected chi connectivity index (χ1v) is 7.51. The Morgan fingerprint density at radius 2 is 2.00 bits per heavy atom. The molecule has 0 radical (unpaired) electrons. The van der Waals surface area contributed by atoms with Crippen LogP contribution in [0, 0.1) is 0 Å². The second-order valence-electron chi connectivity index (χ2n) is 5.53. The number of nitrogens with zero attached hydrogens (tertiary/aromatic N) is 1. The third kappa shape index (κ3) is 3.46. The fourth-order valence-electron chi connectivity index (χ4n) is 2.73. The molecule has 1 amide bonds. The van der Waals surface area contributed by atoms with Crippen LogP contribution in [0.1, 0.15) is 17.2 Å². The summed E-state index contributed by atoms with van der Waals surface area (Å²) in [6, 6.07) is 17.5. The molecule has 0 bridgehead atoms. The largest absolute Gasteiger partial charge is 0.399 e. The minimum atomic E-state index is -0.0419. The van der Waals surface area contributed by atoms with Crippen molar-refractivity contribution in [2.24, 2.45) is 0 Å². The number of carbonyl (C=O) groups is 1. The zero-order valence-corrected chi connectivity index (χ0v) is 12.4. The van der Waals surface area contributed by atoms with Gasteiger partial charge < -0.3 is 15.4 Å². The van der Waals surface area contributed by atoms with Crippen molar-refractivity contribution in [3.8, 4) is 0 Å². The summed E-state index contributed by atoms with van der Waals surface area (Å²) >= 11 is 0. The van der Waals surface area contributed by atoms with Crippen LogP contribution in [0.5, 0.6) is 0 Å². The SMILES string of the molecule is Nc1cccc(CC(=O)N2CCOC(c3ccccc3)C2)c1. The lowest BCUT2D eigenvalue weighted by atomic mass is 10.1. The molecule has 1 aliphatic heterocycles. The Morgan fingerprint density at radius 1 is 1.18 bits per heavy atom. The van der Waals surface area contributed by atoms with Crippen molar-refractivity contribution < 1.29 is 9.53 Å². The first-order chi connectivity index (χ1) is 10.7. The molecule has 0 aliphatic carbocycles. The molecule has 1 fully saturated rings. The number of carbonyl (C=O) groups excluding carboxylic acids is 1. The molecule has 2 N–H and O–H groups in total. The minimum absolute atomic E-state index is 0.0419. The predicted octanol–water partition coefficient (Wildman–Crippen LogP) is 2.41. The third-order valence-corrected chi connectivity index (χ3v) is 3.90. The smallest absolute Gasteiger partial charge is 0.227 e. The van der Waals surface area contributed by atoms with Gasteiger partial charge >= 0.3 is 0 Å². The molecule has 0 aromatic heterocycles. The number of nitrogens with two attached hydrogens (primary N) is 1. The Morgan fingerprint density at radius 3 is 2.77 bits per heavy atom. The van der Waals surface area contributed by atoms with Crippen LogP contribution in [-0.4, -0.2) is 30.5 Å². The lowest BCUT2D eigenvalue weighted by Gasteiger charge is -2.33. The highest BCUT2D eigenvalue weighted by Gasteiger charge is 2.25. The Balaban J connectivity index is 1.65. The average molecular weight is 296 g/mol. The zero-order valence-electron chi connectivity index (χ0n) is 12.4. The van der Waals surface area contributed by atoms with Gasteiger partial charge in [-0.2, -0.15) is 0 Å². The Labute approximate surface area is 130 Å². The summed E-state index contributed by atoms with van der Waals surface area (Å²) in [6.07, 6.45) is 0.340. The number of nitrogen functional groups attached to an aromatic ring is 1. The molecule has 114 valence electrons. The first kappa shape index (κ1) is 14.6. The van der Waals surface area contributed by atoms with E-state index < -0.39 is 0 Å². The quantitative estimate of drug-likeness (QED) is 0.885. The number of rotatable bonds is 3. The molecule has 1 aliphatic rings. The van der Waals surface area contributed by atoms with Gasteiger partial charge in [0.1, 0.15) is 6.10 Å². The minimum Gasteiger partial charge on any atom is -0.399 e. The van der Waals surface area contributed by atoms with E-state index in [0.717, 1.165) is 11.1 Å². The Hall–Kier alpha value is -2.33. The normalized spacial score (nSPS) is 18.2. The molecule has 22 heavy (non-hydrogen) atoms. The second-order valence-corrected chi connectivity index (χ2v) is 5.53. The summed E-state index contributed by atoms with van der Waals surface area (Å²) in [4.78, 5) is 14.4. The predicted molar refractivity (Wildman–Crippen MR) is 86.3 cm³/mol. The van der Waals surface area contributed by atoms with Gasteiger partial charge in [0.2, 0.25) is 5.91 Å². The van der Waals surface area contributed by atoms with Crippen LogP contribution in [0.4, 0.5) is 5.69 Å². The molecule has 4 nitrogen and oxygen atoms in total. The van der Waals surface area contributed by atoms with Crippen LogP contribution >= 0.6 is 0 Å². The van der Waals surface area contributed by atoms with Gasteiger partial charge in [-0.15, -0.1) is 0 Å². The maximum absolute atomic E-state index is 12.5. The molecule has 1 heterocycles. The number of morpholine rings is 1. The number of hydrogen-bond donors (Lipinski definition) is 1. The van der Waals surface area contributed by atoms with Crippen molar-refractivity contribution in [3.63, 3.8) is 0 Å². The molecular formula is C18H20N2O2. The van der Waals surface area contributed by atoms with Crippen LogP contribution in [0.25, 0.3) is 0 Å². The van der Waals surface area contributed by atoms with Gasteiger partial charge in [0.15, 0.2) is 0 Å². The van der Waals surface area contributed by atoms with E-state index in [4.69, 9.17) is 10.5 Å². The zero-order chi connectivity index (χ0) is 15.4. The molecule has 2 aromatic rings. The Bertz CT molecular complexity index is 643. The van der Waals surface area contributed by atoms with E-state index in [0.29, 0.717) is 31.8 Å². The second kappa shape index (κ2) is 6.62. The maximum Gasteiger partial charge on any atom is 0.227 e. The summed E-state index contributed by atoms with van der Waals surface area (Å²) in [7, 11) is 0. The van der Waals surface area contributed by atoms with Crippen molar-refractivity contribution in [2.75, 3.05) is 25.4 Å². The van der Waals surface area contributed by atoms with E-state index in [1.807, 2.05) is 59.5 Å². The van der Waals surface area contributed by atoms with Crippen LogP contribution in [0.15, 0.2) is 54.6 Å². The highest BCUT2D eigenvalue weighted by atomic mass is 16.5. The van der Waals surface area contributed by atoms with Crippen LogP contribution < -0.4 is 5.73 Å². The highest BCUT2D eigenvalue weighted by Crippen LogP contribution is 2.22. The van der Waals surface area contributed by atoms with Crippen molar-refractivity contribution >= 4 is 11.6 Å². The number of ether oxygens (including phenoxy) is 1. The maximum atomic E-state index is 12.5. The van der Waals surface area contributed by atoms with Gasteiger partial charge in [-0.25, -0.2) is 0 Å². The van der Waals surface area contributed by atoms with Crippen LogP contribution in [0.3, 0.4) is 0 Å². The highest BCUT2D eigenvalue weighted by molar-refractivity contribution is 5.79. The average Bonchev–Trinajstić information content (AvgIpc) is 2.56. The van der Waals surface area contributed by atoms with E-state index >= 15 is 0 Å². The molecule has 1 unspecified atom stereocenters. The lowest BCUT2D eigenvalue weighted by Crippen LogP contribution is -2.42. The molecule has 0 spiro atoms. The monoisotopic (exact) mass is 296 g/mol. The molecular weight excluding hydrogens is 276 g/mol. The fraction of sp³-hybridized carbons (Fsp3) is 0.278. The molecule has 4 heteroatoms. The first-order valence-electron chi connectivity index (χ1n) is 7.51. The summed E-state index contributed by atoms with van der Waals surface area (Å²) in [6.45, 7) is 1.82. The number of amides is 1. The standard InChI is InChI=1S/C18H20N2O2/c19-16-8-4-5-14(11-16)12-18(21)20-9-10-22-17(13-20)15-6-2-1-3-7-15/h1-8,11,17H,9-10,12-13,19H2. The Kier molecular flexibility index (Phi) is 4.39. The van der Waals surface area contributed by atoms with Gasteiger partial charge in [-0.1, -0.05) is 42.5 Å². The van der Waals surface area contributed by atoms with Gasteiger partial charge in [0.05, 0.1) is 19.6 Å². The van der Waals surface area contributed by atoms with Gasteiger partial charge in [-0.05, 0) is 23.3 Å². The third-order valence-electron chi connectivity index (χ3n) is 3.90. The van der Waals surface area contributed by atoms with E-state index in [-0.39, 0.29) is 12.0 Å². The van der Waals surface area contributed by atoms with Gasteiger partial charge in [0.25, 0.3) is 0 Å². The van der Waals surface area contributed by atoms with Crippen molar-refractivity contribution in [1.82, 2.24) is 4.90 Å². The van der Waals surface area contributed by atoms with Crippen molar-refractivity contribution in [3.05, 3.63) is 65.7 Å². The van der Waals surface area contributed by atoms with E-state index in [1.165, 1.54) is 0 Å². The number of anilines is 1. The van der Waals surface area contributed by atoms with Gasteiger partial charge in [0, 0.05) is 12.2 Å². The fourth-order valence-corrected chi connectivity index (χ4v) is 2.73. The number of hydrogen-bond acceptors (Lipinski definition) is 3. The van der Waals surface area contributed by atoms with E-state index in [9.17, 15) is 4.79 Å². The summed E-state index contributed by atoms with van der Waals surface area (Å²) in [5.74, 6) is 0.120. The van der Waals surface area contributed by atoms with Crippen molar-refractivity contribution in [1.29, 1.82) is 0 Å². The van der Waals surface area contributed by atoms with Crippen LogP contribution in [0.2, 0.25) is 0 Å². The van der Waals surface area contributed by atoms with Crippen LogP contribution in [-0.2, 0) is 16.0 Å². The molecule has 0 saturated carbocycles. The summed E-state index contributed by atoms with van der Waals surface area (Å²) < 4.78 is 5.80. The topological polar surface area (TPSA) is 55.6 Å². The molecule has 1 atom stereocenters. The van der Waals surface area contributed by atoms with Crippen molar-refractivity contribution in [2.45, 2.75) is 12.5 Å². The van der Waals surface area contributed by atoms with E-state index in [1.54, 1.807) is 0 Å². The molecule has 3 rings (SSSR count). The number of benzene rings is 2. The summed E-state index contributed by atoms with van der Waals surface area (Å²) in [5, 5.41) is 0. The molecule has 2 aromatic carbocycles. The summed E-state index contributed by atoms with van der Waals surface area (Å²) in [5.41, 5.74) is 8.52. The van der Waals surface area contributed by atoms with Gasteiger partial charge in [-0.3, -0.25) is 4.79 Å². The molecule has 1 saturated heterocycles. The lowest BCUT2D eigenvalue weighted by molar-refractivity contribution is -0.138.